The fourth-order valence-corrected chi connectivity index (χ4v) is 4.77. The first-order valence-electron chi connectivity index (χ1n) is 8.00. The summed E-state index contributed by atoms with van der Waals surface area (Å²) in [7, 11) is 0. The van der Waals surface area contributed by atoms with E-state index in [1.54, 1.807) is 0 Å². The lowest BCUT2D eigenvalue weighted by molar-refractivity contribution is 0.232. The summed E-state index contributed by atoms with van der Waals surface area (Å²) in [6.07, 6.45) is 9.88. The van der Waals surface area contributed by atoms with Crippen molar-refractivity contribution >= 4 is 16.9 Å². The minimum absolute atomic E-state index is 0.559. The van der Waals surface area contributed by atoms with Crippen molar-refractivity contribution < 1.29 is 0 Å². The van der Waals surface area contributed by atoms with Crippen LogP contribution < -0.4 is 5.32 Å². The molecule has 0 aromatic rings. The summed E-state index contributed by atoms with van der Waals surface area (Å²) in [6.45, 7) is 5.92. The topological polar surface area (TPSA) is 27.6 Å². The maximum Gasteiger partial charge on any atom is 0.156 e. The molecule has 0 unspecified atom stereocenters. The van der Waals surface area contributed by atoms with Crippen molar-refractivity contribution in [1.29, 1.82) is 0 Å². The molecule has 4 heteroatoms. The Morgan fingerprint density at radius 1 is 1.11 bits per heavy atom. The number of rotatable bonds is 3. The molecule has 3 nitrogen and oxygen atoms in total. The number of hydrogen-bond donors (Lipinski definition) is 1. The van der Waals surface area contributed by atoms with Gasteiger partial charge in [-0.15, -0.1) is 0 Å². The van der Waals surface area contributed by atoms with Crippen LogP contribution in [0.4, 0.5) is 0 Å². The highest BCUT2D eigenvalue weighted by atomic mass is 32.2. The molecule has 0 bridgehead atoms. The molecular formula is C15H27N3S. The van der Waals surface area contributed by atoms with Gasteiger partial charge in [-0.1, -0.05) is 31.0 Å². The lowest BCUT2D eigenvalue weighted by atomic mass is 9.75. The zero-order chi connectivity index (χ0) is 13.0. The first kappa shape index (κ1) is 13.7. The van der Waals surface area contributed by atoms with Crippen molar-refractivity contribution in [2.24, 2.45) is 10.4 Å². The smallest absolute Gasteiger partial charge is 0.156 e. The summed E-state index contributed by atoms with van der Waals surface area (Å²) < 4.78 is 0. The highest BCUT2D eigenvalue weighted by Gasteiger charge is 2.34. The Morgan fingerprint density at radius 2 is 1.89 bits per heavy atom. The molecule has 108 valence electrons. The Labute approximate surface area is 121 Å². The van der Waals surface area contributed by atoms with Gasteiger partial charge in [0.2, 0.25) is 0 Å². The molecule has 3 aliphatic rings. The zero-order valence-electron chi connectivity index (χ0n) is 12.0. The molecule has 0 amide bonds. The van der Waals surface area contributed by atoms with Gasteiger partial charge in [0.15, 0.2) is 5.17 Å². The molecule has 0 aromatic heterocycles. The van der Waals surface area contributed by atoms with Crippen molar-refractivity contribution in [3.63, 3.8) is 0 Å². The predicted molar refractivity (Wildman–Crippen MR) is 84.0 cm³/mol. The molecule has 1 aliphatic carbocycles. The van der Waals surface area contributed by atoms with Gasteiger partial charge in [0.05, 0.1) is 0 Å². The molecular weight excluding hydrogens is 254 g/mol. The second-order valence-corrected chi connectivity index (χ2v) is 7.41. The van der Waals surface area contributed by atoms with Crippen LogP contribution in [0.2, 0.25) is 0 Å². The Morgan fingerprint density at radius 3 is 2.58 bits per heavy atom. The number of amidine groups is 1. The van der Waals surface area contributed by atoms with Crippen LogP contribution >= 0.6 is 11.8 Å². The SMILES string of the molecule is C1CCC2(CC1)CN=C(NCCN1CCCC1)SC2. The first-order chi connectivity index (χ1) is 9.36. The van der Waals surface area contributed by atoms with E-state index in [-0.39, 0.29) is 0 Å². The van der Waals surface area contributed by atoms with Gasteiger partial charge in [0.1, 0.15) is 0 Å². The summed E-state index contributed by atoms with van der Waals surface area (Å²) in [5.41, 5.74) is 0.559. The van der Waals surface area contributed by atoms with E-state index in [2.05, 4.69) is 10.2 Å². The second kappa shape index (κ2) is 6.49. The number of likely N-dealkylation sites (tertiary alicyclic amines) is 1. The van der Waals surface area contributed by atoms with Gasteiger partial charge in [0, 0.05) is 25.4 Å². The van der Waals surface area contributed by atoms with E-state index >= 15 is 0 Å². The third-order valence-electron chi connectivity index (χ3n) is 4.89. The molecule has 19 heavy (non-hydrogen) atoms. The molecule has 1 spiro atoms. The van der Waals surface area contributed by atoms with Crippen molar-refractivity contribution in [2.75, 3.05) is 38.5 Å². The maximum absolute atomic E-state index is 4.82. The fourth-order valence-electron chi connectivity index (χ4n) is 3.59. The van der Waals surface area contributed by atoms with Crippen LogP contribution in [0.3, 0.4) is 0 Å². The van der Waals surface area contributed by atoms with Gasteiger partial charge < -0.3 is 10.2 Å². The van der Waals surface area contributed by atoms with E-state index in [4.69, 9.17) is 4.99 Å². The van der Waals surface area contributed by atoms with Crippen LogP contribution in [0.5, 0.6) is 0 Å². The van der Waals surface area contributed by atoms with Crippen LogP contribution in [0.15, 0.2) is 4.99 Å². The van der Waals surface area contributed by atoms with E-state index < -0.39 is 0 Å². The van der Waals surface area contributed by atoms with Crippen LogP contribution in [0.1, 0.15) is 44.9 Å². The lowest BCUT2D eigenvalue weighted by Gasteiger charge is -2.38. The Hall–Kier alpha value is -0.220. The van der Waals surface area contributed by atoms with Crippen LogP contribution in [-0.4, -0.2) is 48.5 Å². The number of nitrogens with zero attached hydrogens (tertiary/aromatic N) is 2. The van der Waals surface area contributed by atoms with E-state index in [1.807, 2.05) is 11.8 Å². The molecule has 1 saturated carbocycles. The third kappa shape index (κ3) is 3.66. The molecule has 2 heterocycles. The van der Waals surface area contributed by atoms with E-state index in [0.717, 1.165) is 13.1 Å². The molecule has 0 atom stereocenters. The minimum Gasteiger partial charge on any atom is -0.364 e. The Kier molecular flexibility index (Phi) is 4.69. The number of thioether (sulfide) groups is 1. The zero-order valence-corrected chi connectivity index (χ0v) is 12.8. The molecule has 0 aromatic carbocycles. The van der Waals surface area contributed by atoms with Gasteiger partial charge in [-0.3, -0.25) is 4.99 Å². The van der Waals surface area contributed by atoms with Crippen LogP contribution in [0.25, 0.3) is 0 Å². The molecule has 2 fully saturated rings. The molecule has 1 saturated heterocycles. The molecule has 2 aliphatic heterocycles. The van der Waals surface area contributed by atoms with Gasteiger partial charge >= 0.3 is 0 Å². The van der Waals surface area contributed by atoms with Gasteiger partial charge in [-0.05, 0) is 44.2 Å². The summed E-state index contributed by atoms with van der Waals surface area (Å²) in [5.74, 6) is 1.29. The third-order valence-corrected chi connectivity index (χ3v) is 6.19. The van der Waals surface area contributed by atoms with Crippen molar-refractivity contribution in [3.05, 3.63) is 0 Å². The number of hydrogen-bond acceptors (Lipinski definition) is 4. The minimum atomic E-state index is 0.559. The first-order valence-corrected chi connectivity index (χ1v) is 8.98. The molecule has 1 N–H and O–H groups in total. The van der Waals surface area contributed by atoms with Gasteiger partial charge in [0.25, 0.3) is 0 Å². The summed E-state index contributed by atoms with van der Waals surface area (Å²) in [5, 5.41) is 4.75. The standard InChI is InChI=1S/C15H27N3S/c1-2-6-15(7-3-1)12-17-14(19-13-15)16-8-11-18-9-4-5-10-18/h1-13H2,(H,16,17). The van der Waals surface area contributed by atoms with E-state index in [0.29, 0.717) is 5.41 Å². The maximum atomic E-state index is 4.82. The molecule has 3 rings (SSSR count). The number of aliphatic imine (C=N–C) groups is 1. The van der Waals surface area contributed by atoms with Crippen molar-refractivity contribution in [3.8, 4) is 0 Å². The van der Waals surface area contributed by atoms with Gasteiger partial charge in [-0.2, -0.15) is 0 Å². The molecule has 0 radical (unpaired) electrons. The summed E-state index contributed by atoms with van der Waals surface area (Å²) in [4.78, 5) is 7.38. The second-order valence-electron chi connectivity index (χ2n) is 6.45. The number of nitrogens with one attached hydrogen (secondary N) is 1. The Balaban J connectivity index is 1.40. The van der Waals surface area contributed by atoms with Crippen LogP contribution in [0, 0.1) is 5.41 Å². The van der Waals surface area contributed by atoms with Gasteiger partial charge in [-0.25, -0.2) is 0 Å². The summed E-state index contributed by atoms with van der Waals surface area (Å²) >= 11 is 1.97. The Bertz CT molecular complexity index is 317. The van der Waals surface area contributed by atoms with Crippen LogP contribution in [-0.2, 0) is 0 Å². The average Bonchev–Trinajstić information content (AvgIpc) is 2.96. The quantitative estimate of drug-likeness (QED) is 0.862. The van der Waals surface area contributed by atoms with Crippen molar-refractivity contribution in [1.82, 2.24) is 10.2 Å². The highest BCUT2D eigenvalue weighted by molar-refractivity contribution is 8.13. The predicted octanol–water partition coefficient (Wildman–Crippen LogP) is 2.73. The monoisotopic (exact) mass is 281 g/mol. The summed E-state index contributed by atoms with van der Waals surface area (Å²) in [6, 6.07) is 0. The van der Waals surface area contributed by atoms with E-state index in [9.17, 15) is 0 Å². The highest BCUT2D eigenvalue weighted by Crippen LogP contribution is 2.41. The lowest BCUT2D eigenvalue weighted by Crippen LogP contribution is -2.38. The normalized spacial score (nSPS) is 27.5. The largest absolute Gasteiger partial charge is 0.364 e. The average molecular weight is 281 g/mol. The van der Waals surface area contributed by atoms with Crippen molar-refractivity contribution in [2.45, 2.75) is 44.9 Å². The fraction of sp³-hybridized carbons (Fsp3) is 0.933. The van der Waals surface area contributed by atoms with E-state index in [1.165, 1.54) is 75.5 Å².